The van der Waals surface area contributed by atoms with Gasteiger partial charge in [0.05, 0.1) is 5.69 Å². The van der Waals surface area contributed by atoms with Gasteiger partial charge in [0.15, 0.2) is 0 Å². The maximum Gasteiger partial charge on any atom is 0.323 e. The SMILES string of the molecule is CC(C)(C)c1cc(NC(=O)Nc2ccccc2)c[nH]1. The molecule has 0 spiro atoms. The van der Waals surface area contributed by atoms with Crippen molar-refractivity contribution in [2.24, 2.45) is 0 Å². The molecule has 4 heteroatoms. The van der Waals surface area contributed by atoms with Crippen LogP contribution in [0, 0.1) is 0 Å². The maximum absolute atomic E-state index is 11.8. The zero-order chi connectivity index (χ0) is 13.9. The van der Waals surface area contributed by atoms with Crippen LogP contribution in [0.25, 0.3) is 0 Å². The zero-order valence-electron chi connectivity index (χ0n) is 11.4. The van der Waals surface area contributed by atoms with Crippen molar-refractivity contribution in [3.63, 3.8) is 0 Å². The van der Waals surface area contributed by atoms with Crippen molar-refractivity contribution in [3.05, 3.63) is 48.3 Å². The van der Waals surface area contributed by atoms with Crippen molar-refractivity contribution in [1.29, 1.82) is 0 Å². The van der Waals surface area contributed by atoms with E-state index in [-0.39, 0.29) is 11.4 Å². The first-order valence-electron chi connectivity index (χ1n) is 6.27. The predicted molar refractivity (Wildman–Crippen MR) is 78.6 cm³/mol. The highest BCUT2D eigenvalue weighted by Gasteiger charge is 2.16. The minimum Gasteiger partial charge on any atom is -0.363 e. The molecule has 0 aliphatic rings. The minimum absolute atomic E-state index is 0.0375. The number of hydrogen-bond donors (Lipinski definition) is 3. The van der Waals surface area contributed by atoms with Crippen LogP contribution in [0.15, 0.2) is 42.6 Å². The summed E-state index contributed by atoms with van der Waals surface area (Å²) < 4.78 is 0. The quantitative estimate of drug-likeness (QED) is 0.749. The third-order valence-corrected chi connectivity index (χ3v) is 2.78. The topological polar surface area (TPSA) is 56.9 Å². The van der Waals surface area contributed by atoms with Crippen LogP contribution >= 0.6 is 0 Å². The van der Waals surface area contributed by atoms with Crippen molar-refractivity contribution < 1.29 is 4.79 Å². The summed E-state index contributed by atoms with van der Waals surface area (Å²) >= 11 is 0. The number of carbonyl (C=O) groups is 1. The Hall–Kier alpha value is -2.23. The van der Waals surface area contributed by atoms with Crippen molar-refractivity contribution in [2.45, 2.75) is 26.2 Å². The molecule has 3 N–H and O–H groups in total. The Labute approximate surface area is 113 Å². The Morgan fingerprint density at radius 3 is 2.26 bits per heavy atom. The van der Waals surface area contributed by atoms with Gasteiger partial charge in [-0.15, -0.1) is 0 Å². The number of aromatic amines is 1. The third kappa shape index (κ3) is 3.61. The van der Waals surface area contributed by atoms with Crippen LogP contribution in [0.3, 0.4) is 0 Å². The van der Waals surface area contributed by atoms with Gasteiger partial charge in [-0.25, -0.2) is 4.79 Å². The van der Waals surface area contributed by atoms with Gasteiger partial charge in [-0.3, -0.25) is 0 Å². The second-order valence-electron chi connectivity index (χ2n) is 5.50. The number of carbonyl (C=O) groups excluding carboxylic acids is 1. The maximum atomic E-state index is 11.8. The molecular weight excluding hydrogens is 238 g/mol. The van der Waals surface area contributed by atoms with Crippen molar-refractivity contribution in [2.75, 3.05) is 10.6 Å². The summed E-state index contributed by atoms with van der Waals surface area (Å²) in [5.41, 5.74) is 2.66. The van der Waals surface area contributed by atoms with Crippen molar-refractivity contribution in [3.8, 4) is 0 Å². The van der Waals surface area contributed by atoms with E-state index in [1.807, 2.05) is 36.4 Å². The lowest BCUT2D eigenvalue weighted by atomic mass is 9.92. The lowest BCUT2D eigenvalue weighted by Crippen LogP contribution is -2.19. The van der Waals surface area contributed by atoms with E-state index in [9.17, 15) is 4.79 Å². The zero-order valence-corrected chi connectivity index (χ0v) is 11.4. The van der Waals surface area contributed by atoms with E-state index in [4.69, 9.17) is 0 Å². The van der Waals surface area contributed by atoms with Gasteiger partial charge >= 0.3 is 6.03 Å². The molecule has 1 aromatic carbocycles. The van der Waals surface area contributed by atoms with Gasteiger partial charge in [-0.1, -0.05) is 39.0 Å². The largest absolute Gasteiger partial charge is 0.363 e. The summed E-state index contributed by atoms with van der Waals surface area (Å²) in [4.78, 5) is 15.0. The molecule has 19 heavy (non-hydrogen) atoms. The first-order valence-corrected chi connectivity index (χ1v) is 6.27. The fraction of sp³-hybridized carbons (Fsp3) is 0.267. The lowest BCUT2D eigenvalue weighted by Gasteiger charge is -2.15. The van der Waals surface area contributed by atoms with Crippen LogP contribution in [-0.4, -0.2) is 11.0 Å². The van der Waals surface area contributed by atoms with E-state index < -0.39 is 0 Å². The number of aromatic nitrogens is 1. The average Bonchev–Trinajstić information content (AvgIpc) is 2.78. The Kier molecular flexibility index (Phi) is 3.60. The summed E-state index contributed by atoms with van der Waals surface area (Å²) in [5, 5.41) is 5.58. The van der Waals surface area contributed by atoms with Crippen LogP contribution in [0.4, 0.5) is 16.2 Å². The van der Waals surface area contributed by atoms with E-state index in [0.717, 1.165) is 17.1 Å². The summed E-state index contributed by atoms with van der Waals surface area (Å²) in [5.74, 6) is 0. The van der Waals surface area contributed by atoms with Crippen molar-refractivity contribution >= 4 is 17.4 Å². The Morgan fingerprint density at radius 1 is 1.05 bits per heavy atom. The second kappa shape index (κ2) is 5.18. The fourth-order valence-electron chi connectivity index (χ4n) is 1.71. The highest BCUT2D eigenvalue weighted by Crippen LogP contribution is 2.23. The van der Waals surface area contributed by atoms with Gasteiger partial charge in [-0.05, 0) is 18.2 Å². The summed E-state index contributed by atoms with van der Waals surface area (Å²) in [7, 11) is 0. The second-order valence-corrected chi connectivity index (χ2v) is 5.50. The first kappa shape index (κ1) is 13.2. The molecule has 1 aromatic heterocycles. The number of benzene rings is 1. The van der Waals surface area contributed by atoms with Gasteiger partial charge in [0.1, 0.15) is 0 Å². The van der Waals surface area contributed by atoms with Crippen LogP contribution in [-0.2, 0) is 5.41 Å². The van der Waals surface area contributed by atoms with Crippen LogP contribution in [0.1, 0.15) is 26.5 Å². The van der Waals surface area contributed by atoms with E-state index in [2.05, 4.69) is 36.4 Å². The molecular formula is C15H19N3O. The molecule has 0 bridgehead atoms. The Balaban J connectivity index is 1.98. The number of urea groups is 1. The number of anilines is 2. The molecule has 2 aromatic rings. The monoisotopic (exact) mass is 257 g/mol. The molecule has 0 aliphatic heterocycles. The highest BCUT2D eigenvalue weighted by atomic mass is 16.2. The molecule has 0 saturated carbocycles. The van der Waals surface area contributed by atoms with Gasteiger partial charge in [-0.2, -0.15) is 0 Å². The molecule has 0 saturated heterocycles. The van der Waals surface area contributed by atoms with Crippen LogP contribution in [0.5, 0.6) is 0 Å². The van der Waals surface area contributed by atoms with Gasteiger partial charge in [0, 0.05) is 23.0 Å². The minimum atomic E-state index is -0.245. The number of hydrogen-bond acceptors (Lipinski definition) is 1. The van der Waals surface area contributed by atoms with Gasteiger partial charge < -0.3 is 15.6 Å². The molecule has 4 nitrogen and oxygen atoms in total. The summed E-state index contributed by atoms with van der Waals surface area (Å²) in [6.07, 6.45) is 1.80. The average molecular weight is 257 g/mol. The van der Waals surface area contributed by atoms with Gasteiger partial charge in [0.25, 0.3) is 0 Å². The molecule has 2 rings (SSSR count). The molecule has 0 atom stereocenters. The first-order chi connectivity index (χ1) is 8.95. The Bertz CT molecular complexity index is 552. The van der Waals surface area contributed by atoms with Crippen LogP contribution in [0.2, 0.25) is 0 Å². The number of nitrogens with one attached hydrogen (secondary N) is 3. The number of amides is 2. The van der Waals surface area contributed by atoms with E-state index in [1.165, 1.54) is 0 Å². The van der Waals surface area contributed by atoms with Crippen LogP contribution < -0.4 is 10.6 Å². The smallest absolute Gasteiger partial charge is 0.323 e. The predicted octanol–water partition coefficient (Wildman–Crippen LogP) is 3.96. The third-order valence-electron chi connectivity index (χ3n) is 2.78. The molecule has 2 amide bonds. The number of rotatable bonds is 2. The summed E-state index contributed by atoms with van der Waals surface area (Å²) in [6.45, 7) is 6.35. The normalized spacial score (nSPS) is 11.1. The Morgan fingerprint density at radius 2 is 1.68 bits per heavy atom. The number of para-hydroxylation sites is 1. The van der Waals surface area contributed by atoms with E-state index in [0.29, 0.717) is 0 Å². The highest BCUT2D eigenvalue weighted by molar-refractivity contribution is 5.99. The molecule has 100 valence electrons. The standard InChI is InChI=1S/C15H19N3O/c1-15(2,3)13-9-12(10-16-13)18-14(19)17-11-7-5-4-6-8-11/h4-10,16H,1-3H3,(H2,17,18,19). The lowest BCUT2D eigenvalue weighted by molar-refractivity contribution is 0.262. The van der Waals surface area contributed by atoms with E-state index >= 15 is 0 Å². The fourth-order valence-corrected chi connectivity index (χ4v) is 1.71. The molecule has 0 radical (unpaired) electrons. The van der Waals surface area contributed by atoms with Gasteiger partial charge in [0.2, 0.25) is 0 Å². The molecule has 1 heterocycles. The molecule has 0 aliphatic carbocycles. The molecule has 0 fully saturated rings. The van der Waals surface area contributed by atoms with Crippen molar-refractivity contribution in [1.82, 2.24) is 4.98 Å². The number of H-pyrrole nitrogens is 1. The molecule has 0 unspecified atom stereocenters. The summed E-state index contributed by atoms with van der Waals surface area (Å²) in [6, 6.07) is 11.1. The van der Waals surface area contributed by atoms with E-state index in [1.54, 1.807) is 6.20 Å².